The number of alkyl halides is 3. The maximum absolute atomic E-state index is 13.1. The summed E-state index contributed by atoms with van der Waals surface area (Å²) >= 11 is 0. The number of hydrogen-bond donors (Lipinski definition) is 2. The summed E-state index contributed by atoms with van der Waals surface area (Å²) in [7, 11) is 0. The van der Waals surface area contributed by atoms with Crippen LogP contribution in [0.1, 0.15) is 17.5 Å². The number of amidine groups is 1. The first-order chi connectivity index (χ1) is 9.93. The van der Waals surface area contributed by atoms with Gasteiger partial charge in [0.1, 0.15) is 0 Å². The quantitative estimate of drug-likeness (QED) is 0.379. The van der Waals surface area contributed by atoms with Crippen molar-refractivity contribution in [3.63, 3.8) is 0 Å². The predicted molar refractivity (Wildman–Crippen MR) is 71.6 cm³/mol. The van der Waals surface area contributed by atoms with E-state index in [9.17, 15) is 13.2 Å². The number of benzene rings is 1. The van der Waals surface area contributed by atoms with Crippen molar-refractivity contribution >= 4 is 11.5 Å². The molecule has 1 aromatic rings. The number of anilines is 1. The molecule has 1 aliphatic heterocycles. The molecule has 0 spiro atoms. The second kappa shape index (κ2) is 6.21. The van der Waals surface area contributed by atoms with Crippen LogP contribution in [0.4, 0.5) is 18.9 Å². The third-order valence-corrected chi connectivity index (χ3v) is 3.28. The summed E-state index contributed by atoms with van der Waals surface area (Å²) in [6.07, 6.45) is -3.83. The summed E-state index contributed by atoms with van der Waals surface area (Å²) in [5.74, 6) is -0.562. The van der Waals surface area contributed by atoms with Crippen LogP contribution in [0.2, 0.25) is 0 Å². The molecule has 0 saturated carbocycles. The minimum absolute atomic E-state index is 0.333. The Balaban J connectivity index is 2.41. The van der Waals surface area contributed by atoms with Crippen LogP contribution in [0.5, 0.6) is 0 Å². The maximum Gasteiger partial charge on any atom is 0.417 e. The molecule has 1 fully saturated rings. The van der Waals surface area contributed by atoms with Gasteiger partial charge < -0.3 is 20.6 Å². The smallest absolute Gasteiger partial charge is 0.409 e. The lowest BCUT2D eigenvalue weighted by molar-refractivity contribution is -0.137. The highest BCUT2D eigenvalue weighted by Crippen LogP contribution is 2.34. The molecule has 0 unspecified atom stereocenters. The van der Waals surface area contributed by atoms with Gasteiger partial charge in [-0.05, 0) is 24.6 Å². The van der Waals surface area contributed by atoms with Crippen molar-refractivity contribution in [3.8, 4) is 0 Å². The van der Waals surface area contributed by atoms with E-state index in [1.165, 1.54) is 12.1 Å². The second-order valence-corrected chi connectivity index (χ2v) is 4.67. The van der Waals surface area contributed by atoms with Crippen LogP contribution in [0.25, 0.3) is 0 Å². The van der Waals surface area contributed by atoms with E-state index < -0.39 is 17.6 Å². The fourth-order valence-corrected chi connectivity index (χ4v) is 2.24. The Morgan fingerprint density at radius 2 is 2.05 bits per heavy atom. The third kappa shape index (κ3) is 3.57. The van der Waals surface area contributed by atoms with Crippen LogP contribution < -0.4 is 10.6 Å². The summed E-state index contributed by atoms with van der Waals surface area (Å²) < 4.78 is 44.7. The number of nitrogens with two attached hydrogens (primary N) is 1. The minimum atomic E-state index is -4.58. The molecule has 1 saturated heterocycles. The Bertz CT molecular complexity index is 524. The monoisotopic (exact) mass is 303 g/mol. The Morgan fingerprint density at radius 3 is 2.71 bits per heavy atom. The topological polar surface area (TPSA) is 71.1 Å². The zero-order chi connectivity index (χ0) is 15.5. The zero-order valence-corrected chi connectivity index (χ0v) is 11.2. The lowest BCUT2D eigenvalue weighted by Gasteiger charge is -2.24. The van der Waals surface area contributed by atoms with Gasteiger partial charge in [0.15, 0.2) is 5.84 Å². The van der Waals surface area contributed by atoms with Gasteiger partial charge in [0.05, 0.1) is 12.2 Å². The van der Waals surface area contributed by atoms with Crippen LogP contribution in [-0.4, -0.2) is 37.3 Å². The largest absolute Gasteiger partial charge is 0.417 e. The molecule has 5 nitrogen and oxygen atoms in total. The predicted octanol–water partition coefficient (Wildman–Crippen LogP) is 2.03. The Kier molecular flexibility index (Phi) is 4.56. The summed E-state index contributed by atoms with van der Waals surface area (Å²) in [4.78, 5) is 1.83. The van der Waals surface area contributed by atoms with Crippen molar-refractivity contribution in [1.29, 1.82) is 0 Å². The van der Waals surface area contributed by atoms with E-state index in [0.717, 1.165) is 12.5 Å². The SMILES string of the molecule is NC(=NO)c1ccc(N2CCCOCC2)cc1C(F)(F)F. The summed E-state index contributed by atoms with van der Waals surface area (Å²) in [6, 6.07) is 3.78. The van der Waals surface area contributed by atoms with Gasteiger partial charge in [-0.3, -0.25) is 0 Å². The number of oxime groups is 1. The fraction of sp³-hybridized carbons (Fsp3) is 0.462. The van der Waals surface area contributed by atoms with Gasteiger partial charge in [0, 0.05) is 30.9 Å². The first kappa shape index (κ1) is 15.4. The van der Waals surface area contributed by atoms with Crippen molar-refractivity contribution in [2.45, 2.75) is 12.6 Å². The normalized spacial score (nSPS) is 17.7. The number of ether oxygens (including phenoxy) is 1. The van der Waals surface area contributed by atoms with Gasteiger partial charge in [-0.1, -0.05) is 5.16 Å². The lowest BCUT2D eigenvalue weighted by Crippen LogP contribution is -2.27. The molecule has 0 radical (unpaired) electrons. The van der Waals surface area contributed by atoms with E-state index in [1.807, 2.05) is 4.90 Å². The standard InChI is InChI=1S/C13H16F3N3O2/c14-13(15,16)11-8-9(2-3-10(11)12(17)18-20)19-4-1-6-21-7-5-19/h2-3,8,20H,1,4-7H2,(H2,17,18). The van der Waals surface area contributed by atoms with Crippen molar-refractivity contribution in [1.82, 2.24) is 0 Å². The Labute approximate surface area is 119 Å². The molecule has 0 aromatic heterocycles. The first-order valence-corrected chi connectivity index (χ1v) is 6.45. The lowest BCUT2D eigenvalue weighted by atomic mass is 10.0. The highest BCUT2D eigenvalue weighted by Gasteiger charge is 2.35. The van der Waals surface area contributed by atoms with Crippen molar-refractivity contribution in [2.75, 3.05) is 31.2 Å². The van der Waals surface area contributed by atoms with E-state index in [0.29, 0.717) is 32.0 Å². The van der Waals surface area contributed by atoms with Crippen LogP contribution in [0.3, 0.4) is 0 Å². The Hall–Kier alpha value is -1.96. The van der Waals surface area contributed by atoms with Gasteiger partial charge in [0.25, 0.3) is 0 Å². The van der Waals surface area contributed by atoms with E-state index in [-0.39, 0.29) is 5.56 Å². The Morgan fingerprint density at radius 1 is 1.29 bits per heavy atom. The fourth-order valence-electron chi connectivity index (χ4n) is 2.24. The third-order valence-electron chi connectivity index (χ3n) is 3.28. The highest BCUT2D eigenvalue weighted by atomic mass is 19.4. The molecule has 0 aliphatic carbocycles. The zero-order valence-electron chi connectivity index (χ0n) is 11.2. The molecule has 21 heavy (non-hydrogen) atoms. The highest BCUT2D eigenvalue weighted by molar-refractivity contribution is 5.99. The number of halogens is 3. The molecule has 8 heteroatoms. The molecule has 1 aliphatic rings. The molecule has 0 bridgehead atoms. The molecule has 1 aromatic carbocycles. The molecular formula is C13H16F3N3O2. The maximum atomic E-state index is 13.1. The average molecular weight is 303 g/mol. The number of nitrogens with zero attached hydrogens (tertiary/aromatic N) is 2. The minimum Gasteiger partial charge on any atom is -0.409 e. The van der Waals surface area contributed by atoms with Gasteiger partial charge in [-0.15, -0.1) is 0 Å². The van der Waals surface area contributed by atoms with Crippen LogP contribution >= 0.6 is 0 Å². The van der Waals surface area contributed by atoms with Gasteiger partial charge in [0.2, 0.25) is 0 Å². The molecule has 0 amide bonds. The van der Waals surface area contributed by atoms with Crippen molar-refractivity contribution in [2.24, 2.45) is 10.9 Å². The molecule has 3 N–H and O–H groups in total. The molecule has 1 heterocycles. The van der Waals surface area contributed by atoms with Gasteiger partial charge >= 0.3 is 6.18 Å². The molecular weight excluding hydrogens is 287 g/mol. The number of hydrogen-bond acceptors (Lipinski definition) is 4. The van der Waals surface area contributed by atoms with Gasteiger partial charge in [-0.2, -0.15) is 13.2 Å². The summed E-state index contributed by atoms with van der Waals surface area (Å²) in [5, 5.41) is 11.3. The van der Waals surface area contributed by atoms with E-state index in [2.05, 4.69) is 5.16 Å². The molecule has 116 valence electrons. The molecule has 0 atom stereocenters. The van der Waals surface area contributed by atoms with E-state index in [1.54, 1.807) is 0 Å². The first-order valence-electron chi connectivity index (χ1n) is 6.45. The number of rotatable bonds is 2. The average Bonchev–Trinajstić information content (AvgIpc) is 2.74. The van der Waals surface area contributed by atoms with Crippen molar-refractivity contribution in [3.05, 3.63) is 29.3 Å². The van der Waals surface area contributed by atoms with Crippen LogP contribution in [0, 0.1) is 0 Å². The van der Waals surface area contributed by atoms with Crippen LogP contribution in [-0.2, 0) is 10.9 Å². The second-order valence-electron chi connectivity index (χ2n) is 4.67. The van der Waals surface area contributed by atoms with Gasteiger partial charge in [-0.25, -0.2) is 0 Å². The van der Waals surface area contributed by atoms with E-state index in [4.69, 9.17) is 15.7 Å². The molecule has 2 rings (SSSR count). The summed E-state index contributed by atoms with van der Waals surface area (Å²) in [6.45, 7) is 2.23. The summed E-state index contributed by atoms with van der Waals surface area (Å²) in [5.41, 5.74) is 4.51. The van der Waals surface area contributed by atoms with E-state index >= 15 is 0 Å². The van der Waals surface area contributed by atoms with Crippen LogP contribution in [0.15, 0.2) is 23.4 Å². The van der Waals surface area contributed by atoms with Crippen molar-refractivity contribution < 1.29 is 23.1 Å².